The van der Waals surface area contributed by atoms with Crippen LogP contribution in [-0.2, 0) is 0 Å². The molecule has 0 unspecified atom stereocenters. The standard InChI is InChI=1S/C16H13NO2/c1-2-15-11-10-14(12-16(15)17(18)19)9-8-13-6-4-3-5-7-13/h2-12H,1H2/b9-8+. The predicted molar refractivity (Wildman–Crippen MR) is 78.6 cm³/mol. The van der Waals surface area contributed by atoms with Crippen LogP contribution in [0.3, 0.4) is 0 Å². The highest BCUT2D eigenvalue weighted by Gasteiger charge is 2.10. The molecule has 0 amide bonds. The highest BCUT2D eigenvalue weighted by molar-refractivity contribution is 5.72. The van der Waals surface area contributed by atoms with Crippen molar-refractivity contribution >= 4 is 23.9 Å². The van der Waals surface area contributed by atoms with Gasteiger partial charge in [-0.1, -0.05) is 61.2 Å². The second kappa shape index (κ2) is 5.78. The van der Waals surface area contributed by atoms with Gasteiger partial charge in [0.25, 0.3) is 5.69 Å². The normalized spacial score (nSPS) is 10.5. The van der Waals surface area contributed by atoms with Crippen molar-refractivity contribution < 1.29 is 4.92 Å². The lowest BCUT2D eigenvalue weighted by Crippen LogP contribution is -1.91. The Bertz CT molecular complexity index is 630. The Balaban J connectivity index is 2.32. The molecule has 2 aromatic rings. The molecule has 2 aromatic carbocycles. The number of nitro benzene ring substituents is 1. The highest BCUT2D eigenvalue weighted by Crippen LogP contribution is 2.22. The summed E-state index contributed by atoms with van der Waals surface area (Å²) in [6.07, 6.45) is 5.27. The minimum atomic E-state index is -0.392. The van der Waals surface area contributed by atoms with E-state index in [1.165, 1.54) is 6.08 Å². The Morgan fingerprint density at radius 2 is 1.68 bits per heavy atom. The zero-order valence-electron chi connectivity index (χ0n) is 10.3. The summed E-state index contributed by atoms with van der Waals surface area (Å²) in [5, 5.41) is 10.9. The van der Waals surface area contributed by atoms with Crippen LogP contribution in [-0.4, -0.2) is 4.92 Å². The molecule has 0 aliphatic carbocycles. The molecule has 0 aliphatic heterocycles. The minimum absolute atomic E-state index is 0.0743. The topological polar surface area (TPSA) is 43.1 Å². The molecule has 94 valence electrons. The zero-order chi connectivity index (χ0) is 13.7. The molecule has 3 heteroatoms. The van der Waals surface area contributed by atoms with Crippen LogP contribution in [0, 0.1) is 10.1 Å². The average Bonchev–Trinajstić information content (AvgIpc) is 2.46. The number of nitro groups is 1. The zero-order valence-corrected chi connectivity index (χ0v) is 10.3. The summed E-state index contributed by atoms with van der Waals surface area (Å²) in [4.78, 5) is 10.5. The van der Waals surface area contributed by atoms with Crippen molar-refractivity contribution in [2.75, 3.05) is 0 Å². The molecule has 0 aromatic heterocycles. The van der Waals surface area contributed by atoms with E-state index >= 15 is 0 Å². The number of rotatable bonds is 4. The summed E-state index contributed by atoms with van der Waals surface area (Å²) in [5.41, 5.74) is 2.45. The fourth-order valence-corrected chi connectivity index (χ4v) is 1.75. The van der Waals surface area contributed by atoms with Gasteiger partial charge in [0.2, 0.25) is 0 Å². The molecule has 0 aliphatic rings. The van der Waals surface area contributed by atoms with E-state index in [9.17, 15) is 10.1 Å². The van der Waals surface area contributed by atoms with Crippen LogP contribution < -0.4 is 0 Å². The first-order valence-electron chi connectivity index (χ1n) is 5.85. The van der Waals surface area contributed by atoms with Gasteiger partial charge in [-0.3, -0.25) is 10.1 Å². The molecule has 19 heavy (non-hydrogen) atoms. The van der Waals surface area contributed by atoms with Crippen molar-refractivity contribution in [1.29, 1.82) is 0 Å². The first-order chi connectivity index (χ1) is 9.20. The van der Waals surface area contributed by atoms with Crippen molar-refractivity contribution in [1.82, 2.24) is 0 Å². The molecule has 0 heterocycles. The SMILES string of the molecule is C=Cc1ccc(/C=C/c2ccccc2)cc1[N+](=O)[O-]. The van der Waals surface area contributed by atoms with Gasteiger partial charge >= 0.3 is 0 Å². The molecule has 0 saturated heterocycles. The van der Waals surface area contributed by atoms with E-state index < -0.39 is 4.92 Å². The molecular formula is C16H13NO2. The van der Waals surface area contributed by atoms with Crippen molar-refractivity contribution in [2.24, 2.45) is 0 Å². The molecule has 0 fully saturated rings. The van der Waals surface area contributed by atoms with E-state index in [2.05, 4.69) is 6.58 Å². The number of benzene rings is 2. The second-order valence-electron chi connectivity index (χ2n) is 4.02. The number of hydrogen-bond acceptors (Lipinski definition) is 2. The Hall–Kier alpha value is -2.68. The van der Waals surface area contributed by atoms with Crippen LogP contribution in [0.25, 0.3) is 18.2 Å². The van der Waals surface area contributed by atoms with E-state index in [4.69, 9.17) is 0 Å². The van der Waals surface area contributed by atoms with E-state index in [1.807, 2.05) is 48.6 Å². The third-order valence-corrected chi connectivity index (χ3v) is 2.74. The van der Waals surface area contributed by atoms with Crippen molar-refractivity contribution in [3.63, 3.8) is 0 Å². The summed E-state index contributed by atoms with van der Waals surface area (Å²) in [5.74, 6) is 0. The number of nitrogens with zero attached hydrogens (tertiary/aromatic N) is 1. The molecular weight excluding hydrogens is 238 g/mol. The van der Waals surface area contributed by atoms with Gasteiger partial charge in [-0.05, 0) is 17.2 Å². The third kappa shape index (κ3) is 3.16. The van der Waals surface area contributed by atoms with Crippen LogP contribution in [0.5, 0.6) is 0 Å². The van der Waals surface area contributed by atoms with Crippen molar-refractivity contribution in [2.45, 2.75) is 0 Å². The van der Waals surface area contributed by atoms with Crippen LogP contribution in [0.2, 0.25) is 0 Å². The van der Waals surface area contributed by atoms with Crippen LogP contribution in [0.15, 0.2) is 55.1 Å². The van der Waals surface area contributed by atoms with Gasteiger partial charge in [0, 0.05) is 6.07 Å². The summed E-state index contributed by atoms with van der Waals surface area (Å²) in [6, 6.07) is 14.9. The average molecular weight is 251 g/mol. The Morgan fingerprint density at radius 3 is 2.32 bits per heavy atom. The smallest absolute Gasteiger partial charge is 0.258 e. The van der Waals surface area contributed by atoms with Crippen LogP contribution in [0.4, 0.5) is 5.69 Å². The first-order valence-corrected chi connectivity index (χ1v) is 5.85. The van der Waals surface area contributed by atoms with Gasteiger partial charge in [0.1, 0.15) is 0 Å². The van der Waals surface area contributed by atoms with Crippen molar-refractivity contribution in [3.8, 4) is 0 Å². The maximum absolute atomic E-state index is 10.9. The summed E-state index contributed by atoms with van der Waals surface area (Å²) >= 11 is 0. The summed E-state index contributed by atoms with van der Waals surface area (Å²) < 4.78 is 0. The van der Waals surface area contributed by atoms with Crippen LogP contribution in [0.1, 0.15) is 16.7 Å². The van der Waals surface area contributed by atoms with Gasteiger partial charge in [0.15, 0.2) is 0 Å². The monoisotopic (exact) mass is 251 g/mol. The molecule has 0 radical (unpaired) electrons. The fourth-order valence-electron chi connectivity index (χ4n) is 1.75. The molecule has 0 saturated carbocycles. The Labute approximate surface area is 111 Å². The van der Waals surface area contributed by atoms with Gasteiger partial charge in [-0.15, -0.1) is 0 Å². The molecule has 0 bridgehead atoms. The Kier molecular flexibility index (Phi) is 3.88. The summed E-state index contributed by atoms with van der Waals surface area (Å²) in [7, 11) is 0. The predicted octanol–water partition coefficient (Wildman–Crippen LogP) is 4.41. The largest absolute Gasteiger partial charge is 0.277 e. The maximum atomic E-state index is 10.9. The van der Waals surface area contributed by atoms with Gasteiger partial charge < -0.3 is 0 Å². The fraction of sp³-hybridized carbons (Fsp3) is 0. The molecule has 0 N–H and O–H groups in total. The molecule has 0 spiro atoms. The van der Waals surface area contributed by atoms with Crippen molar-refractivity contribution in [3.05, 3.63) is 81.9 Å². The third-order valence-electron chi connectivity index (χ3n) is 2.74. The summed E-state index contributed by atoms with van der Waals surface area (Å²) in [6.45, 7) is 3.57. The lowest BCUT2D eigenvalue weighted by atomic mass is 10.1. The van der Waals surface area contributed by atoms with Gasteiger partial charge in [-0.2, -0.15) is 0 Å². The lowest BCUT2D eigenvalue weighted by Gasteiger charge is -1.99. The van der Waals surface area contributed by atoms with Crippen LogP contribution >= 0.6 is 0 Å². The quantitative estimate of drug-likeness (QED) is 0.459. The number of hydrogen-bond donors (Lipinski definition) is 0. The van der Waals surface area contributed by atoms with E-state index in [0.29, 0.717) is 5.56 Å². The maximum Gasteiger partial charge on any atom is 0.277 e. The molecule has 3 nitrogen and oxygen atoms in total. The Morgan fingerprint density at radius 1 is 1.00 bits per heavy atom. The van der Waals surface area contributed by atoms with E-state index in [0.717, 1.165) is 11.1 Å². The second-order valence-corrected chi connectivity index (χ2v) is 4.02. The van der Waals surface area contributed by atoms with Gasteiger partial charge in [-0.25, -0.2) is 0 Å². The minimum Gasteiger partial charge on any atom is -0.258 e. The highest BCUT2D eigenvalue weighted by atomic mass is 16.6. The molecule has 0 atom stereocenters. The lowest BCUT2D eigenvalue weighted by molar-refractivity contribution is -0.385. The van der Waals surface area contributed by atoms with Gasteiger partial charge in [0.05, 0.1) is 10.5 Å². The molecule has 2 rings (SSSR count). The van der Waals surface area contributed by atoms with E-state index in [1.54, 1.807) is 12.1 Å². The first kappa shape index (κ1) is 12.8. The van der Waals surface area contributed by atoms with E-state index in [-0.39, 0.29) is 5.69 Å².